The fourth-order valence-electron chi connectivity index (χ4n) is 3.66. The van der Waals surface area contributed by atoms with Crippen LogP contribution in [0.2, 0.25) is 0 Å². The fraction of sp³-hybridized carbons (Fsp3) is 0.0370. The third-order valence-electron chi connectivity index (χ3n) is 5.06. The first kappa shape index (κ1) is 19.0. The summed E-state index contributed by atoms with van der Waals surface area (Å²) in [5.74, 6) is 0.881. The molecule has 0 aliphatic rings. The second-order valence-electron chi connectivity index (χ2n) is 6.92. The summed E-state index contributed by atoms with van der Waals surface area (Å²) in [4.78, 5) is 5.33. The van der Waals surface area contributed by atoms with Gasteiger partial charge in [0.2, 0.25) is 4.88 Å². The SMILES string of the molecule is COc1ccc(-c2c(Sc3ccccc3)c3ccccc3[s+]2-c2ccccc2)cc1. The summed E-state index contributed by atoms with van der Waals surface area (Å²) in [6, 6.07) is 38.9. The number of hydrogen-bond acceptors (Lipinski definition) is 2. The molecule has 0 fully saturated rings. The number of rotatable bonds is 5. The Kier molecular flexibility index (Phi) is 5.31. The number of thiophene rings is 1. The summed E-state index contributed by atoms with van der Waals surface area (Å²) >= 11 is 1.86. The van der Waals surface area contributed by atoms with E-state index in [-0.39, 0.29) is 10.5 Å². The number of ether oxygens (including phenoxy) is 1. The van der Waals surface area contributed by atoms with Gasteiger partial charge in [-0.2, -0.15) is 0 Å². The molecule has 1 heterocycles. The summed E-state index contributed by atoms with van der Waals surface area (Å²) in [7, 11) is 1.56. The van der Waals surface area contributed by atoms with E-state index in [1.165, 1.54) is 35.2 Å². The van der Waals surface area contributed by atoms with Crippen LogP contribution in [0.15, 0.2) is 119 Å². The zero-order valence-electron chi connectivity index (χ0n) is 16.6. The van der Waals surface area contributed by atoms with Gasteiger partial charge in [0.1, 0.15) is 5.75 Å². The molecule has 0 bridgehead atoms. The molecule has 0 radical (unpaired) electrons. The van der Waals surface area contributed by atoms with Crippen LogP contribution in [0.5, 0.6) is 5.75 Å². The average Bonchev–Trinajstić information content (AvgIpc) is 3.14. The van der Waals surface area contributed by atoms with Crippen molar-refractivity contribution in [1.29, 1.82) is 0 Å². The van der Waals surface area contributed by atoms with Crippen LogP contribution in [-0.4, -0.2) is 7.11 Å². The standard InChI is InChI=1S/C27H21OS2/c1-28-21-18-16-20(17-19-21)27-26(29-22-10-4-2-5-11-22)24-14-8-9-15-25(24)30(27)23-12-6-3-7-13-23/h2-19H,1H3/q+1. The maximum Gasteiger partial charge on any atom is 0.201 e. The number of hydrogen-bond donors (Lipinski definition) is 0. The Hall–Kier alpha value is -3.01. The Labute approximate surface area is 183 Å². The maximum atomic E-state index is 5.41. The van der Waals surface area contributed by atoms with Crippen molar-refractivity contribution in [1.82, 2.24) is 0 Å². The normalized spacial score (nSPS) is 11.6. The van der Waals surface area contributed by atoms with Crippen molar-refractivity contribution in [3.05, 3.63) is 109 Å². The van der Waals surface area contributed by atoms with E-state index in [1.807, 2.05) is 11.8 Å². The van der Waals surface area contributed by atoms with Crippen molar-refractivity contribution in [3.63, 3.8) is 0 Å². The van der Waals surface area contributed by atoms with E-state index in [0.717, 1.165) is 5.75 Å². The van der Waals surface area contributed by atoms with Gasteiger partial charge in [0.25, 0.3) is 0 Å². The molecule has 5 aromatic rings. The second-order valence-corrected chi connectivity index (χ2v) is 9.93. The van der Waals surface area contributed by atoms with Crippen molar-refractivity contribution >= 4 is 32.3 Å². The van der Waals surface area contributed by atoms with Crippen LogP contribution in [0.3, 0.4) is 0 Å². The molecule has 0 amide bonds. The summed E-state index contributed by atoms with van der Waals surface area (Å²) in [6.45, 7) is 0. The lowest BCUT2D eigenvalue weighted by Gasteiger charge is -2.05. The van der Waals surface area contributed by atoms with Crippen molar-refractivity contribution in [2.75, 3.05) is 7.11 Å². The molecule has 0 saturated heterocycles. The van der Waals surface area contributed by atoms with Crippen LogP contribution in [0.1, 0.15) is 0 Å². The van der Waals surface area contributed by atoms with Gasteiger partial charge in [0, 0.05) is 20.9 Å². The van der Waals surface area contributed by atoms with Crippen LogP contribution in [-0.2, 0) is 0 Å². The molecule has 1 nitrogen and oxygen atoms in total. The minimum Gasteiger partial charge on any atom is -0.497 e. The zero-order valence-corrected chi connectivity index (χ0v) is 18.3. The van der Waals surface area contributed by atoms with Gasteiger partial charge in [-0.05, 0) is 60.7 Å². The van der Waals surface area contributed by atoms with Crippen LogP contribution in [0, 0.1) is 0 Å². The molecule has 30 heavy (non-hydrogen) atoms. The third kappa shape index (κ3) is 3.51. The molecule has 1 atom stereocenters. The Bertz CT molecular complexity index is 1270. The maximum absolute atomic E-state index is 5.41. The molecular formula is C27H21OS2+. The molecule has 0 aliphatic heterocycles. The van der Waals surface area contributed by atoms with Gasteiger partial charge in [-0.15, -0.1) is 0 Å². The van der Waals surface area contributed by atoms with Gasteiger partial charge in [-0.25, -0.2) is 0 Å². The summed E-state index contributed by atoms with van der Waals surface area (Å²) in [5, 5.41) is 1.34. The molecule has 4 aromatic carbocycles. The van der Waals surface area contributed by atoms with Crippen molar-refractivity contribution in [2.45, 2.75) is 9.79 Å². The summed E-state index contributed by atoms with van der Waals surface area (Å²) in [6.07, 6.45) is 0. The van der Waals surface area contributed by atoms with Crippen molar-refractivity contribution in [3.8, 4) is 21.1 Å². The van der Waals surface area contributed by atoms with E-state index in [4.69, 9.17) is 4.74 Å². The van der Waals surface area contributed by atoms with E-state index >= 15 is 0 Å². The van der Waals surface area contributed by atoms with Crippen LogP contribution < -0.4 is 4.74 Å². The smallest absolute Gasteiger partial charge is 0.201 e. The lowest BCUT2D eigenvalue weighted by molar-refractivity contribution is 0.415. The molecule has 1 unspecified atom stereocenters. The van der Waals surface area contributed by atoms with Gasteiger partial charge in [0.05, 0.1) is 17.4 Å². The first-order chi connectivity index (χ1) is 14.8. The largest absolute Gasteiger partial charge is 0.497 e. The molecule has 146 valence electrons. The fourth-order valence-corrected chi connectivity index (χ4v) is 7.54. The third-order valence-corrected chi connectivity index (χ3v) is 8.71. The Morgan fingerprint density at radius 1 is 0.667 bits per heavy atom. The van der Waals surface area contributed by atoms with Crippen LogP contribution in [0.25, 0.3) is 25.4 Å². The van der Waals surface area contributed by atoms with Gasteiger partial charge in [-0.3, -0.25) is 0 Å². The predicted octanol–water partition coefficient (Wildman–Crippen LogP) is 8.40. The molecule has 3 heteroatoms. The van der Waals surface area contributed by atoms with Crippen LogP contribution >= 0.6 is 22.2 Å². The minimum atomic E-state index is -0.149. The number of methoxy groups -OCH3 is 1. The quantitative estimate of drug-likeness (QED) is 0.261. The van der Waals surface area contributed by atoms with Gasteiger partial charge < -0.3 is 4.74 Å². The molecule has 0 spiro atoms. The van der Waals surface area contributed by atoms with Gasteiger partial charge in [-0.1, -0.05) is 60.3 Å². The Balaban J connectivity index is 1.82. The van der Waals surface area contributed by atoms with Crippen LogP contribution in [0.4, 0.5) is 0 Å². The number of fused-ring (bicyclic) bond motifs is 1. The molecule has 1 aromatic heterocycles. The first-order valence-corrected chi connectivity index (χ1v) is 11.9. The summed E-state index contributed by atoms with van der Waals surface area (Å²) < 4.78 is 6.80. The highest BCUT2D eigenvalue weighted by Crippen LogP contribution is 2.56. The molecule has 0 N–H and O–H groups in total. The van der Waals surface area contributed by atoms with E-state index in [0.29, 0.717) is 0 Å². The molecular weight excluding hydrogens is 404 g/mol. The lowest BCUT2D eigenvalue weighted by atomic mass is 10.1. The molecule has 0 saturated carbocycles. The predicted molar refractivity (Wildman–Crippen MR) is 130 cm³/mol. The average molecular weight is 426 g/mol. The highest BCUT2D eigenvalue weighted by atomic mass is 32.2. The number of benzene rings is 4. The van der Waals surface area contributed by atoms with E-state index in [2.05, 4.69) is 109 Å². The Morgan fingerprint density at radius 2 is 1.30 bits per heavy atom. The van der Waals surface area contributed by atoms with E-state index in [1.54, 1.807) is 7.11 Å². The van der Waals surface area contributed by atoms with Crippen molar-refractivity contribution in [2.24, 2.45) is 0 Å². The highest BCUT2D eigenvalue weighted by molar-refractivity contribution is 8.00. The first-order valence-electron chi connectivity index (χ1n) is 9.85. The Morgan fingerprint density at radius 3 is 2.00 bits per heavy atom. The second kappa shape index (κ2) is 8.39. The van der Waals surface area contributed by atoms with Gasteiger partial charge >= 0.3 is 0 Å². The van der Waals surface area contributed by atoms with E-state index in [9.17, 15) is 0 Å². The van der Waals surface area contributed by atoms with Crippen molar-refractivity contribution < 1.29 is 4.74 Å². The highest BCUT2D eigenvalue weighted by Gasteiger charge is 2.30. The van der Waals surface area contributed by atoms with E-state index < -0.39 is 0 Å². The lowest BCUT2D eigenvalue weighted by Crippen LogP contribution is -1.83. The molecule has 0 aliphatic carbocycles. The molecule has 5 rings (SSSR count). The minimum absolute atomic E-state index is 0.149. The van der Waals surface area contributed by atoms with Gasteiger partial charge in [0.15, 0.2) is 9.60 Å². The topological polar surface area (TPSA) is 9.23 Å². The zero-order chi connectivity index (χ0) is 20.3. The monoisotopic (exact) mass is 425 g/mol. The summed E-state index contributed by atoms with van der Waals surface area (Å²) in [5.41, 5.74) is 1.25.